The summed E-state index contributed by atoms with van der Waals surface area (Å²) in [6.07, 6.45) is 13.1. The quantitative estimate of drug-likeness (QED) is 0.173. The van der Waals surface area contributed by atoms with E-state index in [1.165, 1.54) is 18.4 Å². The van der Waals surface area contributed by atoms with Crippen molar-refractivity contribution in [3.63, 3.8) is 0 Å². The molecule has 0 saturated carbocycles. The monoisotopic (exact) mass is 511 g/mol. The number of hydrogen-bond acceptors (Lipinski definition) is 3. The number of rotatable bonds is 14. The minimum Gasteiger partial charge on any atom is -0.493 e. The van der Waals surface area contributed by atoms with E-state index in [1.54, 1.807) is 0 Å². The molecule has 0 amide bonds. The van der Waals surface area contributed by atoms with Crippen LogP contribution in [0.15, 0.2) is 72.8 Å². The molecule has 0 aliphatic rings. The van der Waals surface area contributed by atoms with Crippen molar-refractivity contribution in [2.75, 3.05) is 6.61 Å². The van der Waals surface area contributed by atoms with Crippen LogP contribution in [0.5, 0.6) is 5.75 Å². The number of carboxylic acids is 1. The van der Waals surface area contributed by atoms with Gasteiger partial charge in [-0.2, -0.15) is 5.26 Å². The highest BCUT2D eigenvalue weighted by Gasteiger charge is 2.04. The number of benzene rings is 3. The number of para-hydroxylation sites is 1. The average Bonchev–Trinajstić information content (AvgIpc) is 2.93. The predicted octanol–water partition coefficient (Wildman–Crippen LogP) is 8.87. The second kappa shape index (κ2) is 18.4. The summed E-state index contributed by atoms with van der Waals surface area (Å²) in [5.41, 5.74) is 5.08. The van der Waals surface area contributed by atoms with E-state index in [4.69, 9.17) is 9.84 Å². The molecule has 38 heavy (non-hydrogen) atoms. The van der Waals surface area contributed by atoms with E-state index < -0.39 is 5.97 Å². The Hall–Kier alpha value is -3.84. The molecule has 4 nitrogen and oxygen atoms in total. The number of ether oxygens (including phenoxy) is 1. The fourth-order valence-corrected chi connectivity index (χ4v) is 4.05. The Morgan fingerprint density at radius 3 is 2.26 bits per heavy atom. The van der Waals surface area contributed by atoms with Gasteiger partial charge < -0.3 is 9.84 Å². The molecule has 0 fully saturated rings. The zero-order valence-corrected chi connectivity index (χ0v) is 22.9. The molecule has 3 rings (SSSR count). The van der Waals surface area contributed by atoms with Gasteiger partial charge in [0, 0.05) is 12.0 Å². The molecule has 3 aromatic rings. The van der Waals surface area contributed by atoms with Crippen LogP contribution >= 0.6 is 0 Å². The molecule has 0 atom stereocenters. The van der Waals surface area contributed by atoms with Crippen molar-refractivity contribution < 1.29 is 14.6 Å². The molecule has 0 saturated heterocycles. The number of unbranched alkanes of at least 4 members (excludes halogenated alkanes) is 5. The summed E-state index contributed by atoms with van der Waals surface area (Å²) < 4.78 is 6.04. The number of nitriles is 1. The Kier molecular flexibility index (Phi) is 14.7. The van der Waals surface area contributed by atoms with Gasteiger partial charge in [0.05, 0.1) is 12.2 Å². The van der Waals surface area contributed by atoms with E-state index in [1.807, 2.05) is 61.5 Å². The first-order valence-electron chi connectivity index (χ1n) is 13.7. The minimum absolute atomic E-state index is 0.333. The average molecular weight is 512 g/mol. The van der Waals surface area contributed by atoms with Gasteiger partial charge in [0.25, 0.3) is 0 Å². The summed E-state index contributed by atoms with van der Waals surface area (Å²) in [6.45, 7) is 4.79. The third kappa shape index (κ3) is 11.9. The second-order valence-corrected chi connectivity index (χ2v) is 9.37. The molecule has 0 heterocycles. The number of aliphatic carboxylic acids is 1. The van der Waals surface area contributed by atoms with Crippen LogP contribution in [0.25, 0.3) is 12.2 Å². The van der Waals surface area contributed by atoms with Crippen molar-refractivity contribution >= 4 is 18.1 Å². The molecule has 0 spiro atoms. The van der Waals surface area contributed by atoms with Crippen LogP contribution in [0.2, 0.25) is 0 Å². The number of carbonyl (C=O) groups is 1. The van der Waals surface area contributed by atoms with Gasteiger partial charge in [-0.25, -0.2) is 0 Å². The number of aryl methyl sites for hydroxylation is 2. The Morgan fingerprint density at radius 1 is 0.842 bits per heavy atom. The van der Waals surface area contributed by atoms with Crippen LogP contribution in [0.1, 0.15) is 86.1 Å². The molecule has 4 heteroatoms. The Bertz CT molecular complexity index is 1160. The predicted molar refractivity (Wildman–Crippen MR) is 157 cm³/mol. The van der Waals surface area contributed by atoms with Crippen molar-refractivity contribution in [2.24, 2.45) is 0 Å². The summed E-state index contributed by atoms with van der Waals surface area (Å²) in [7, 11) is 0. The van der Waals surface area contributed by atoms with E-state index in [9.17, 15) is 10.1 Å². The minimum atomic E-state index is -0.675. The molecule has 200 valence electrons. The van der Waals surface area contributed by atoms with Gasteiger partial charge in [-0.15, -0.1) is 0 Å². The summed E-state index contributed by atoms with van der Waals surface area (Å²) in [5.74, 6) is 0.212. The van der Waals surface area contributed by atoms with E-state index in [-0.39, 0.29) is 0 Å². The van der Waals surface area contributed by atoms with Gasteiger partial charge in [-0.05, 0) is 61.8 Å². The Balaban J connectivity index is 0.000000484. The fourth-order valence-electron chi connectivity index (χ4n) is 4.05. The molecule has 0 aliphatic carbocycles. The van der Waals surface area contributed by atoms with Gasteiger partial charge in [-0.3, -0.25) is 4.79 Å². The molecule has 0 aliphatic heterocycles. The highest BCUT2D eigenvalue weighted by Crippen LogP contribution is 2.23. The lowest BCUT2D eigenvalue weighted by molar-refractivity contribution is -0.137. The van der Waals surface area contributed by atoms with Gasteiger partial charge in [-0.1, -0.05) is 105 Å². The summed E-state index contributed by atoms with van der Waals surface area (Å²) in [6, 6.07) is 26.9. The molecule has 0 aromatic heterocycles. The Morgan fingerprint density at radius 2 is 1.53 bits per heavy atom. The van der Waals surface area contributed by atoms with Crippen LogP contribution in [-0.4, -0.2) is 17.7 Å². The third-order valence-corrected chi connectivity index (χ3v) is 6.23. The maximum absolute atomic E-state index is 9.96. The summed E-state index contributed by atoms with van der Waals surface area (Å²) in [5, 5.41) is 17.6. The summed E-state index contributed by atoms with van der Waals surface area (Å²) in [4.78, 5) is 9.96. The molecule has 0 unspecified atom stereocenters. The first kappa shape index (κ1) is 30.4. The van der Waals surface area contributed by atoms with E-state index in [0.717, 1.165) is 66.5 Å². The highest BCUT2D eigenvalue weighted by molar-refractivity contribution is 5.75. The lowest BCUT2D eigenvalue weighted by atomic mass is 10.0. The van der Waals surface area contributed by atoms with Crippen molar-refractivity contribution in [1.29, 1.82) is 5.26 Å². The highest BCUT2D eigenvalue weighted by atomic mass is 16.5. The second-order valence-electron chi connectivity index (χ2n) is 9.37. The zero-order valence-electron chi connectivity index (χ0n) is 22.9. The van der Waals surface area contributed by atoms with Crippen LogP contribution in [0, 0.1) is 18.3 Å². The number of carboxylic acid groups (broad SMARTS) is 1. The lowest BCUT2D eigenvalue weighted by Gasteiger charge is -2.09. The van der Waals surface area contributed by atoms with Crippen LogP contribution in [0.3, 0.4) is 0 Å². The maximum Gasteiger partial charge on any atom is 0.303 e. The van der Waals surface area contributed by atoms with Crippen molar-refractivity contribution in [2.45, 2.75) is 71.6 Å². The van der Waals surface area contributed by atoms with E-state index >= 15 is 0 Å². The first-order chi connectivity index (χ1) is 18.5. The number of nitrogens with zero attached hydrogens (tertiary/aromatic N) is 1. The molecule has 0 radical (unpaired) electrons. The largest absolute Gasteiger partial charge is 0.493 e. The van der Waals surface area contributed by atoms with Crippen LogP contribution in [-0.2, 0) is 11.2 Å². The van der Waals surface area contributed by atoms with Gasteiger partial charge in [0.2, 0.25) is 0 Å². The topological polar surface area (TPSA) is 70.3 Å². The van der Waals surface area contributed by atoms with Crippen molar-refractivity contribution in [1.82, 2.24) is 0 Å². The zero-order chi connectivity index (χ0) is 27.4. The van der Waals surface area contributed by atoms with Crippen molar-refractivity contribution in [3.05, 3.63) is 101 Å². The SMILES string of the molecule is CCCCCCC(=O)O.Cc1cccc(C=Cc2ccccc2OCCCCCc2ccccc2)c1C#N. The molecular formula is C34H41NO3. The Labute approximate surface area is 228 Å². The summed E-state index contributed by atoms with van der Waals surface area (Å²) >= 11 is 0. The van der Waals surface area contributed by atoms with Crippen LogP contribution in [0.4, 0.5) is 0 Å². The molecule has 1 N–H and O–H groups in total. The van der Waals surface area contributed by atoms with Gasteiger partial charge >= 0.3 is 5.97 Å². The van der Waals surface area contributed by atoms with Crippen molar-refractivity contribution in [3.8, 4) is 11.8 Å². The smallest absolute Gasteiger partial charge is 0.303 e. The van der Waals surface area contributed by atoms with E-state index in [2.05, 4.69) is 43.3 Å². The normalized spacial score (nSPS) is 10.4. The fraction of sp³-hybridized carbons (Fsp3) is 0.353. The molecule has 0 bridgehead atoms. The van der Waals surface area contributed by atoms with E-state index in [0.29, 0.717) is 13.0 Å². The maximum atomic E-state index is 9.96. The standard InChI is InChI=1S/C27H27NO.C7H14O2/c1-22-11-10-16-24(26(22)21-28)18-19-25-15-7-8-17-27(25)29-20-9-3-6-14-23-12-4-2-5-13-23;1-2-3-4-5-6-7(8)9/h2,4-5,7-8,10-13,15-19H,3,6,9,14,20H2,1H3;2-6H2,1H3,(H,8,9). The lowest BCUT2D eigenvalue weighted by Crippen LogP contribution is -1.99. The van der Waals surface area contributed by atoms with Gasteiger partial charge in [0.1, 0.15) is 11.8 Å². The number of hydrogen-bond donors (Lipinski definition) is 1. The van der Waals surface area contributed by atoms with Crippen LogP contribution < -0.4 is 4.74 Å². The van der Waals surface area contributed by atoms with Gasteiger partial charge in [0.15, 0.2) is 0 Å². The third-order valence-electron chi connectivity index (χ3n) is 6.23. The first-order valence-corrected chi connectivity index (χ1v) is 13.7. The molecular weight excluding hydrogens is 470 g/mol. The molecule has 3 aromatic carbocycles.